The van der Waals surface area contributed by atoms with Crippen LogP contribution in [0.25, 0.3) is 11.1 Å². The number of alkyl halides is 1. The highest BCUT2D eigenvalue weighted by molar-refractivity contribution is 9.10. The van der Waals surface area contributed by atoms with Crippen molar-refractivity contribution in [3.05, 3.63) is 57.6 Å². The van der Waals surface area contributed by atoms with Gasteiger partial charge in [-0.15, -0.1) is 11.6 Å². The zero-order valence-electron chi connectivity index (χ0n) is 19.8. The van der Waals surface area contributed by atoms with Crippen LogP contribution in [0.1, 0.15) is 112 Å². The summed E-state index contributed by atoms with van der Waals surface area (Å²) >= 11 is 9.67. The van der Waals surface area contributed by atoms with E-state index < -0.39 is 0 Å². The van der Waals surface area contributed by atoms with Crippen molar-refractivity contribution < 1.29 is 4.79 Å². The van der Waals surface area contributed by atoms with E-state index in [-0.39, 0.29) is 17.1 Å². The molecule has 0 saturated heterocycles. The average molecular weight is 518 g/mol. The highest BCUT2D eigenvalue weighted by atomic mass is 79.9. The Morgan fingerprint density at radius 3 is 1.88 bits per heavy atom. The summed E-state index contributed by atoms with van der Waals surface area (Å²) in [4.78, 5) is 12.5. The van der Waals surface area contributed by atoms with Crippen LogP contribution in [0.15, 0.2) is 40.9 Å². The largest absolute Gasteiger partial charge is 0.293 e. The highest BCUT2D eigenvalue weighted by Gasteiger charge is 2.42. The van der Waals surface area contributed by atoms with E-state index in [0.29, 0.717) is 0 Å². The quantitative estimate of drug-likeness (QED) is 0.138. The molecule has 0 N–H and O–H groups in total. The molecule has 3 heteroatoms. The Labute approximate surface area is 208 Å². The molecule has 0 saturated carbocycles. The van der Waals surface area contributed by atoms with E-state index in [1.54, 1.807) is 0 Å². The maximum Gasteiger partial charge on any atom is 0.177 e. The molecule has 0 unspecified atom stereocenters. The Bertz CT molecular complexity index is 890. The number of carbonyl (C=O) groups excluding carboxylic acids is 1. The van der Waals surface area contributed by atoms with Crippen molar-refractivity contribution >= 4 is 33.3 Å². The van der Waals surface area contributed by atoms with Crippen LogP contribution < -0.4 is 0 Å². The summed E-state index contributed by atoms with van der Waals surface area (Å²) in [6.07, 6.45) is 15.1. The fourth-order valence-corrected chi connectivity index (χ4v) is 5.96. The van der Waals surface area contributed by atoms with Crippen LogP contribution in [-0.2, 0) is 5.41 Å². The molecule has 0 heterocycles. The minimum absolute atomic E-state index is 0.00449. The number of halogens is 2. The second-order valence-electron chi connectivity index (χ2n) is 9.42. The number of benzene rings is 2. The first kappa shape index (κ1) is 25.5. The molecule has 0 bridgehead atoms. The number of unbranched alkanes of at least 4 members (excludes halogenated alkanes) is 8. The van der Waals surface area contributed by atoms with E-state index in [1.165, 1.54) is 86.5 Å². The molecule has 0 aromatic heterocycles. The van der Waals surface area contributed by atoms with Crippen LogP contribution in [0.2, 0.25) is 0 Å². The summed E-state index contributed by atoms with van der Waals surface area (Å²) < 4.78 is 1.14. The number of hydrogen-bond acceptors (Lipinski definition) is 1. The minimum atomic E-state index is -0.00449. The van der Waals surface area contributed by atoms with Gasteiger partial charge in [-0.05, 0) is 53.3 Å². The van der Waals surface area contributed by atoms with Crippen LogP contribution in [0.3, 0.4) is 0 Å². The lowest BCUT2D eigenvalue weighted by Crippen LogP contribution is -2.26. The molecular weight excluding hydrogens is 480 g/mol. The molecule has 1 aliphatic rings. The number of carbonyl (C=O) groups is 1. The highest BCUT2D eigenvalue weighted by Crippen LogP contribution is 2.55. The first-order valence-electron chi connectivity index (χ1n) is 12.6. The van der Waals surface area contributed by atoms with Crippen molar-refractivity contribution in [1.82, 2.24) is 0 Å². The zero-order valence-corrected chi connectivity index (χ0v) is 22.2. The van der Waals surface area contributed by atoms with Crippen LogP contribution in [0.4, 0.5) is 0 Å². The van der Waals surface area contributed by atoms with Gasteiger partial charge >= 0.3 is 0 Å². The SMILES string of the molecule is CCCCCCCC1(CCCCCCC)c2cc(Br)ccc2-c2ccc(C(=O)CCl)cc21. The third-order valence-corrected chi connectivity index (χ3v) is 7.92. The van der Waals surface area contributed by atoms with Gasteiger partial charge in [0.2, 0.25) is 0 Å². The maximum atomic E-state index is 12.5. The summed E-state index contributed by atoms with van der Waals surface area (Å²) in [6, 6.07) is 13.1. The third kappa shape index (κ3) is 5.68. The van der Waals surface area contributed by atoms with Crippen molar-refractivity contribution in [2.24, 2.45) is 0 Å². The predicted molar refractivity (Wildman–Crippen MR) is 142 cm³/mol. The van der Waals surface area contributed by atoms with Crippen LogP contribution in [0, 0.1) is 0 Å². The Morgan fingerprint density at radius 2 is 1.31 bits per heavy atom. The smallest absolute Gasteiger partial charge is 0.177 e. The van der Waals surface area contributed by atoms with E-state index in [9.17, 15) is 4.79 Å². The average Bonchev–Trinajstić information content (AvgIpc) is 3.07. The monoisotopic (exact) mass is 516 g/mol. The Morgan fingerprint density at radius 1 is 0.781 bits per heavy atom. The molecule has 0 atom stereocenters. The van der Waals surface area contributed by atoms with Crippen molar-refractivity contribution in [2.75, 3.05) is 5.88 Å². The number of Topliss-reactive ketones (excluding diaryl/α,β-unsaturated/α-hetero) is 1. The van der Waals surface area contributed by atoms with Crippen molar-refractivity contribution in [1.29, 1.82) is 0 Å². The molecule has 32 heavy (non-hydrogen) atoms. The molecule has 2 aromatic carbocycles. The molecular formula is C29H38BrClO. The van der Waals surface area contributed by atoms with Crippen LogP contribution in [-0.4, -0.2) is 11.7 Å². The molecule has 0 spiro atoms. The summed E-state index contributed by atoms with van der Waals surface area (Å²) in [7, 11) is 0. The summed E-state index contributed by atoms with van der Waals surface area (Å²) in [6.45, 7) is 4.54. The topological polar surface area (TPSA) is 17.1 Å². The van der Waals surface area contributed by atoms with Gasteiger partial charge in [0, 0.05) is 15.5 Å². The van der Waals surface area contributed by atoms with Crippen molar-refractivity contribution in [2.45, 2.75) is 96.3 Å². The Kier molecular flexibility index (Phi) is 9.86. The lowest BCUT2D eigenvalue weighted by atomic mass is 9.70. The van der Waals surface area contributed by atoms with E-state index in [1.807, 2.05) is 6.07 Å². The van der Waals surface area contributed by atoms with Gasteiger partial charge in [-0.1, -0.05) is 112 Å². The zero-order chi connectivity index (χ0) is 23.0. The lowest BCUT2D eigenvalue weighted by molar-refractivity contribution is 0.102. The summed E-state index contributed by atoms with van der Waals surface area (Å²) in [5, 5.41) is 0. The predicted octanol–water partition coefficient (Wildman–Crippen LogP) is 9.86. The van der Waals surface area contributed by atoms with Crippen molar-refractivity contribution in [3.63, 3.8) is 0 Å². The first-order chi connectivity index (χ1) is 15.6. The van der Waals surface area contributed by atoms with Crippen LogP contribution >= 0.6 is 27.5 Å². The number of ketones is 1. The number of rotatable bonds is 14. The van der Waals surface area contributed by atoms with Gasteiger partial charge in [-0.25, -0.2) is 0 Å². The molecule has 0 aliphatic heterocycles. The van der Waals surface area contributed by atoms with E-state index in [4.69, 9.17) is 11.6 Å². The standard InChI is InChI=1S/C29H38BrClO/c1-3-5-7-9-11-17-29(18-12-10-8-6-4-2)26-19-22(28(32)21-31)13-15-24(26)25-16-14-23(30)20-27(25)29/h13-16,19-20H,3-12,17-18,21H2,1-2H3. The molecule has 1 nitrogen and oxygen atoms in total. The molecule has 174 valence electrons. The molecule has 3 rings (SSSR count). The van der Waals surface area contributed by atoms with E-state index >= 15 is 0 Å². The van der Waals surface area contributed by atoms with Crippen molar-refractivity contribution in [3.8, 4) is 11.1 Å². The number of hydrogen-bond donors (Lipinski definition) is 0. The fourth-order valence-electron chi connectivity index (χ4n) is 5.44. The lowest BCUT2D eigenvalue weighted by Gasteiger charge is -2.33. The van der Waals surface area contributed by atoms with E-state index in [0.717, 1.165) is 22.9 Å². The van der Waals surface area contributed by atoms with Gasteiger partial charge in [-0.3, -0.25) is 4.79 Å². The van der Waals surface area contributed by atoms with Gasteiger partial charge in [0.15, 0.2) is 5.78 Å². The number of fused-ring (bicyclic) bond motifs is 3. The molecule has 0 amide bonds. The van der Waals surface area contributed by atoms with Gasteiger partial charge in [-0.2, -0.15) is 0 Å². The second kappa shape index (κ2) is 12.4. The van der Waals surface area contributed by atoms with Gasteiger partial charge in [0.1, 0.15) is 0 Å². The van der Waals surface area contributed by atoms with E-state index in [2.05, 4.69) is 60.1 Å². The van der Waals surface area contributed by atoms with Crippen LogP contribution in [0.5, 0.6) is 0 Å². The molecule has 0 fully saturated rings. The minimum Gasteiger partial charge on any atom is -0.293 e. The normalized spacial score (nSPS) is 13.8. The third-order valence-electron chi connectivity index (χ3n) is 7.18. The summed E-state index contributed by atoms with van der Waals surface area (Å²) in [5.74, 6) is 0.0598. The van der Waals surface area contributed by atoms with Gasteiger partial charge < -0.3 is 0 Å². The first-order valence-corrected chi connectivity index (χ1v) is 13.9. The maximum absolute atomic E-state index is 12.5. The summed E-state index contributed by atoms with van der Waals surface area (Å²) in [5.41, 5.74) is 6.20. The molecule has 0 radical (unpaired) electrons. The Balaban J connectivity index is 2.01. The second-order valence-corrected chi connectivity index (χ2v) is 10.6. The fraction of sp³-hybridized carbons (Fsp3) is 0.552. The van der Waals surface area contributed by atoms with Gasteiger partial charge in [0.05, 0.1) is 5.88 Å². The molecule has 2 aromatic rings. The van der Waals surface area contributed by atoms with Gasteiger partial charge in [0.25, 0.3) is 0 Å². The Hall–Kier alpha value is -1.12. The molecule has 1 aliphatic carbocycles.